The summed E-state index contributed by atoms with van der Waals surface area (Å²) in [6.07, 6.45) is 1.42. The Kier molecular flexibility index (Phi) is 5.97. The first-order valence-electron chi connectivity index (χ1n) is 8.91. The molecule has 9 heteroatoms. The summed E-state index contributed by atoms with van der Waals surface area (Å²) in [5.74, 6) is -0.325. The van der Waals surface area contributed by atoms with Crippen molar-refractivity contribution in [3.63, 3.8) is 0 Å². The van der Waals surface area contributed by atoms with Crippen LogP contribution in [0.2, 0.25) is 0 Å². The molecule has 1 amide bonds. The number of aryl methyl sites for hydroxylation is 1. The number of carbonyl (C=O) groups is 1. The number of carbonyl (C=O) groups excluding carboxylic acids is 1. The molecule has 1 aliphatic heterocycles. The van der Waals surface area contributed by atoms with Crippen molar-refractivity contribution in [2.75, 3.05) is 38.3 Å². The molecule has 150 valence electrons. The fourth-order valence-electron chi connectivity index (χ4n) is 2.99. The number of pyridine rings is 1. The molecule has 8 nitrogen and oxygen atoms in total. The van der Waals surface area contributed by atoms with E-state index in [0.29, 0.717) is 18.9 Å². The highest BCUT2D eigenvalue weighted by atomic mass is 32.2. The minimum absolute atomic E-state index is 0.200. The summed E-state index contributed by atoms with van der Waals surface area (Å²) in [6.45, 7) is 2.65. The van der Waals surface area contributed by atoms with Gasteiger partial charge < -0.3 is 14.2 Å². The second kappa shape index (κ2) is 8.26. The summed E-state index contributed by atoms with van der Waals surface area (Å²) in [5, 5.41) is 0. The number of anilines is 1. The van der Waals surface area contributed by atoms with Gasteiger partial charge in [-0.25, -0.2) is 8.42 Å². The second-order valence-corrected chi connectivity index (χ2v) is 8.52. The first-order chi connectivity index (χ1) is 13.3. The normalized spacial score (nSPS) is 15.4. The maximum absolute atomic E-state index is 12.8. The van der Waals surface area contributed by atoms with Crippen molar-refractivity contribution in [2.24, 2.45) is 0 Å². The van der Waals surface area contributed by atoms with Gasteiger partial charge in [0, 0.05) is 32.0 Å². The van der Waals surface area contributed by atoms with Crippen LogP contribution in [0.1, 0.15) is 5.56 Å². The first kappa shape index (κ1) is 20.2. The number of hydrogen-bond donors (Lipinski definition) is 0. The zero-order valence-electron chi connectivity index (χ0n) is 15.9. The average molecular weight is 405 g/mol. The Labute approximate surface area is 164 Å². The maximum atomic E-state index is 12.8. The topological polar surface area (TPSA) is 88.9 Å². The maximum Gasteiger partial charge on any atom is 0.271 e. The fraction of sp³-hybridized carbons (Fsp3) is 0.368. The zero-order valence-corrected chi connectivity index (χ0v) is 16.7. The number of rotatable bonds is 5. The van der Waals surface area contributed by atoms with E-state index in [9.17, 15) is 18.0 Å². The molecule has 0 N–H and O–H groups in total. The van der Waals surface area contributed by atoms with Crippen molar-refractivity contribution in [1.82, 2.24) is 8.87 Å². The number of hydrogen-bond acceptors (Lipinski definition) is 5. The Hall–Kier alpha value is -2.49. The number of sulfonamides is 1. The molecular weight excluding hydrogens is 382 g/mol. The molecule has 0 atom stereocenters. The molecule has 2 heterocycles. The lowest BCUT2D eigenvalue weighted by molar-refractivity contribution is -0.118. The van der Waals surface area contributed by atoms with Gasteiger partial charge >= 0.3 is 0 Å². The lowest BCUT2D eigenvalue weighted by Crippen LogP contribution is -2.43. The molecule has 0 saturated carbocycles. The van der Waals surface area contributed by atoms with Gasteiger partial charge in [0.25, 0.3) is 5.56 Å². The number of ether oxygens (including phenoxy) is 1. The summed E-state index contributed by atoms with van der Waals surface area (Å²) in [7, 11) is -2.31. The highest BCUT2D eigenvalue weighted by molar-refractivity contribution is 7.89. The van der Waals surface area contributed by atoms with E-state index in [4.69, 9.17) is 4.74 Å². The van der Waals surface area contributed by atoms with Crippen molar-refractivity contribution in [3.8, 4) is 0 Å². The van der Waals surface area contributed by atoms with Gasteiger partial charge in [0.1, 0.15) is 11.4 Å². The lowest BCUT2D eigenvalue weighted by atomic mass is 10.2. The zero-order chi connectivity index (χ0) is 20.3. The molecule has 2 aromatic rings. The molecule has 0 radical (unpaired) electrons. The van der Waals surface area contributed by atoms with Crippen LogP contribution in [0.25, 0.3) is 0 Å². The first-order valence-corrected chi connectivity index (χ1v) is 10.4. The lowest BCUT2D eigenvalue weighted by Gasteiger charge is -2.26. The number of nitrogens with zero attached hydrogens (tertiary/aromatic N) is 3. The summed E-state index contributed by atoms with van der Waals surface area (Å²) >= 11 is 0. The summed E-state index contributed by atoms with van der Waals surface area (Å²) in [5.41, 5.74) is 1.00. The third-order valence-electron chi connectivity index (χ3n) is 4.64. The Morgan fingerprint density at radius 1 is 1.18 bits per heavy atom. The molecule has 3 rings (SSSR count). The van der Waals surface area contributed by atoms with Gasteiger partial charge in [0.15, 0.2) is 0 Å². The minimum atomic E-state index is -3.93. The largest absolute Gasteiger partial charge is 0.379 e. The highest BCUT2D eigenvalue weighted by Crippen LogP contribution is 2.16. The van der Waals surface area contributed by atoms with Crippen LogP contribution in [0.3, 0.4) is 0 Å². The van der Waals surface area contributed by atoms with Crippen LogP contribution in [0, 0.1) is 6.92 Å². The van der Waals surface area contributed by atoms with E-state index < -0.39 is 15.6 Å². The quantitative estimate of drug-likeness (QED) is 0.736. The molecule has 1 aliphatic rings. The van der Waals surface area contributed by atoms with Crippen molar-refractivity contribution in [2.45, 2.75) is 18.4 Å². The van der Waals surface area contributed by atoms with Crippen LogP contribution in [-0.2, 0) is 26.1 Å². The van der Waals surface area contributed by atoms with Crippen LogP contribution in [0.5, 0.6) is 0 Å². The molecule has 0 aliphatic carbocycles. The molecule has 1 aromatic heterocycles. The van der Waals surface area contributed by atoms with Crippen molar-refractivity contribution >= 4 is 21.6 Å². The minimum Gasteiger partial charge on any atom is -0.379 e. The van der Waals surface area contributed by atoms with Gasteiger partial charge in [-0.05, 0) is 36.8 Å². The van der Waals surface area contributed by atoms with Crippen molar-refractivity contribution in [1.29, 1.82) is 0 Å². The third-order valence-corrected chi connectivity index (χ3v) is 6.55. The molecule has 1 saturated heterocycles. The van der Waals surface area contributed by atoms with E-state index in [1.807, 2.05) is 25.1 Å². The number of aromatic nitrogens is 1. The summed E-state index contributed by atoms with van der Waals surface area (Å²) in [4.78, 5) is 26.5. The number of morpholine rings is 1. The molecule has 1 fully saturated rings. The molecule has 28 heavy (non-hydrogen) atoms. The van der Waals surface area contributed by atoms with Crippen molar-refractivity contribution in [3.05, 3.63) is 58.5 Å². The van der Waals surface area contributed by atoms with Gasteiger partial charge in [-0.3, -0.25) is 9.59 Å². The summed E-state index contributed by atoms with van der Waals surface area (Å²) in [6, 6.07) is 10.2. The van der Waals surface area contributed by atoms with E-state index in [1.54, 1.807) is 13.1 Å². The molecule has 0 spiro atoms. The van der Waals surface area contributed by atoms with E-state index in [0.717, 1.165) is 10.1 Å². The van der Waals surface area contributed by atoms with Gasteiger partial charge in [0.2, 0.25) is 15.9 Å². The predicted octanol–water partition coefficient (Wildman–Crippen LogP) is 0.841. The van der Waals surface area contributed by atoms with Gasteiger partial charge in [-0.1, -0.05) is 12.1 Å². The molecule has 0 unspecified atom stereocenters. The van der Waals surface area contributed by atoms with Crippen LogP contribution >= 0.6 is 0 Å². The highest BCUT2D eigenvalue weighted by Gasteiger charge is 2.29. The van der Waals surface area contributed by atoms with Crippen LogP contribution in [0.4, 0.5) is 5.69 Å². The monoisotopic (exact) mass is 405 g/mol. The Morgan fingerprint density at radius 2 is 1.89 bits per heavy atom. The van der Waals surface area contributed by atoms with Gasteiger partial charge in [-0.2, -0.15) is 4.31 Å². The Balaban J connectivity index is 1.85. The van der Waals surface area contributed by atoms with Crippen LogP contribution < -0.4 is 10.5 Å². The van der Waals surface area contributed by atoms with Gasteiger partial charge in [0.05, 0.1) is 13.2 Å². The van der Waals surface area contributed by atoms with E-state index in [1.165, 1.54) is 27.5 Å². The van der Waals surface area contributed by atoms with Crippen LogP contribution in [-0.4, -0.2) is 56.5 Å². The third kappa shape index (κ3) is 4.16. The average Bonchev–Trinajstić information content (AvgIpc) is 2.69. The van der Waals surface area contributed by atoms with E-state index >= 15 is 0 Å². The Bertz CT molecular complexity index is 1030. The summed E-state index contributed by atoms with van der Waals surface area (Å²) < 4.78 is 33.1. The van der Waals surface area contributed by atoms with Crippen LogP contribution in [0.15, 0.2) is 52.3 Å². The molecular formula is C19H23N3O5S. The molecule has 0 bridgehead atoms. The number of amides is 1. The SMILES string of the molecule is Cc1cccc(N(C)C(=O)Cn2cccc(S(=O)(=O)N3CCOCC3)c2=O)c1. The predicted molar refractivity (Wildman–Crippen MR) is 105 cm³/mol. The smallest absolute Gasteiger partial charge is 0.271 e. The van der Waals surface area contributed by atoms with Crippen molar-refractivity contribution < 1.29 is 17.9 Å². The number of likely N-dealkylation sites (N-methyl/N-ethyl adjacent to an activating group) is 1. The van der Waals surface area contributed by atoms with E-state index in [2.05, 4.69) is 0 Å². The number of benzene rings is 1. The van der Waals surface area contributed by atoms with E-state index in [-0.39, 0.29) is 30.4 Å². The standard InChI is InChI=1S/C19H23N3O5S/c1-15-5-3-6-16(13-15)20(2)18(23)14-21-8-4-7-17(19(21)24)28(25,26)22-9-11-27-12-10-22/h3-8,13H,9-12,14H2,1-2H3. The van der Waals surface area contributed by atoms with Gasteiger partial charge in [-0.15, -0.1) is 0 Å². The molecule has 1 aromatic carbocycles. The fourth-order valence-corrected chi connectivity index (χ4v) is 4.49. The second-order valence-electron chi connectivity index (χ2n) is 6.61. The Morgan fingerprint density at radius 3 is 2.57 bits per heavy atom.